The number of nitrogens with zero attached hydrogens (tertiary/aromatic N) is 2. The summed E-state index contributed by atoms with van der Waals surface area (Å²) in [6.45, 7) is 0.121. The van der Waals surface area contributed by atoms with E-state index < -0.39 is 17.3 Å². The van der Waals surface area contributed by atoms with Crippen LogP contribution in [0.3, 0.4) is 0 Å². The van der Waals surface area contributed by atoms with Gasteiger partial charge in [0.25, 0.3) is 5.56 Å². The summed E-state index contributed by atoms with van der Waals surface area (Å²) in [7, 11) is 0. The van der Waals surface area contributed by atoms with Crippen molar-refractivity contribution in [3.8, 4) is 11.3 Å². The van der Waals surface area contributed by atoms with E-state index in [1.165, 1.54) is 18.2 Å². The second kappa shape index (κ2) is 9.45. The predicted molar refractivity (Wildman–Crippen MR) is 93.0 cm³/mol. The molecule has 0 atom stereocenters. The van der Waals surface area contributed by atoms with Crippen LogP contribution in [0.4, 0.5) is 4.39 Å². The monoisotopic (exact) mass is 361 g/mol. The van der Waals surface area contributed by atoms with Gasteiger partial charge in [-0.3, -0.25) is 14.4 Å². The standard InChI is InChI=1S/C18H20FN3O4/c19-14-7-4-3-6-13(14)15-9-10-17(24)22(21-15)12-16(23)20-11-5-1-2-8-18(25)26/h3-4,6-7,9-10H,1-2,5,8,11-12H2,(H,20,23)(H,25,26). The van der Waals surface area contributed by atoms with Crippen molar-refractivity contribution in [1.82, 2.24) is 15.1 Å². The topological polar surface area (TPSA) is 101 Å². The number of hydrogen-bond donors (Lipinski definition) is 2. The predicted octanol–water partition coefficient (Wildman–Crippen LogP) is 1.81. The molecule has 0 saturated heterocycles. The number of benzene rings is 1. The minimum absolute atomic E-state index is 0.107. The molecule has 2 N–H and O–H groups in total. The van der Waals surface area contributed by atoms with Crippen molar-refractivity contribution in [2.24, 2.45) is 0 Å². The first-order chi connectivity index (χ1) is 12.5. The van der Waals surface area contributed by atoms with Crippen LogP contribution in [0.2, 0.25) is 0 Å². The van der Waals surface area contributed by atoms with Crippen LogP contribution in [0, 0.1) is 5.82 Å². The van der Waals surface area contributed by atoms with Crippen molar-refractivity contribution in [3.05, 3.63) is 52.6 Å². The van der Waals surface area contributed by atoms with Crippen LogP contribution in [-0.2, 0) is 16.1 Å². The summed E-state index contributed by atoms with van der Waals surface area (Å²) in [5.74, 6) is -1.69. The van der Waals surface area contributed by atoms with Crippen molar-refractivity contribution in [3.63, 3.8) is 0 Å². The zero-order chi connectivity index (χ0) is 18.9. The number of aliphatic carboxylic acids is 1. The van der Waals surface area contributed by atoms with Gasteiger partial charge in [-0.2, -0.15) is 5.10 Å². The molecular formula is C18H20FN3O4. The molecule has 0 aliphatic carbocycles. The number of unbranched alkanes of at least 4 members (excludes halogenated alkanes) is 2. The van der Waals surface area contributed by atoms with Gasteiger partial charge in [-0.1, -0.05) is 18.6 Å². The van der Waals surface area contributed by atoms with Gasteiger partial charge in [0.15, 0.2) is 0 Å². The molecule has 0 aliphatic heterocycles. The van der Waals surface area contributed by atoms with E-state index in [-0.39, 0.29) is 30.1 Å². The highest BCUT2D eigenvalue weighted by molar-refractivity contribution is 5.75. The third kappa shape index (κ3) is 5.80. The Kier molecular flexibility index (Phi) is 7.02. The van der Waals surface area contributed by atoms with Crippen molar-refractivity contribution in [2.75, 3.05) is 6.54 Å². The molecule has 1 aromatic heterocycles. The summed E-state index contributed by atoms with van der Waals surface area (Å²) in [6, 6.07) is 8.71. The Bertz CT molecular complexity index is 835. The first-order valence-electron chi connectivity index (χ1n) is 8.29. The zero-order valence-corrected chi connectivity index (χ0v) is 14.2. The van der Waals surface area contributed by atoms with Crippen LogP contribution in [0.5, 0.6) is 0 Å². The lowest BCUT2D eigenvalue weighted by Gasteiger charge is -2.08. The van der Waals surface area contributed by atoms with E-state index in [4.69, 9.17) is 5.11 Å². The molecule has 0 fully saturated rings. The van der Waals surface area contributed by atoms with E-state index in [0.29, 0.717) is 25.8 Å². The van der Waals surface area contributed by atoms with Gasteiger partial charge in [0.1, 0.15) is 12.4 Å². The Hall–Kier alpha value is -3.03. The lowest BCUT2D eigenvalue weighted by atomic mass is 10.1. The highest BCUT2D eigenvalue weighted by Gasteiger charge is 2.10. The lowest BCUT2D eigenvalue weighted by Crippen LogP contribution is -2.34. The summed E-state index contributed by atoms with van der Waals surface area (Å²) in [5.41, 5.74) is 0.0611. The molecule has 1 amide bonds. The second-order valence-electron chi connectivity index (χ2n) is 5.75. The number of halogens is 1. The third-order valence-electron chi connectivity index (χ3n) is 3.70. The molecule has 0 aliphatic rings. The maximum Gasteiger partial charge on any atom is 0.303 e. The molecule has 0 saturated carbocycles. The van der Waals surface area contributed by atoms with E-state index in [9.17, 15) is 18.8 Å². The number of rotatable bonds is 9. The normalized spacial score (nSPS) is 10.5. The van der Waals surface area contributed by atoms with Crippen LogP contribution < -0.4 is 10.9 Å². The van der Waals surface area contributed by atoms with Crippen LogP contribution in [0.15, 0.2) is 41.2 Å². The van der Waals surface area contributed by atoms with Crippen LogP contribution >= 0.6 is 0 Å². The Morgan fingerprint density at radius 2 is 1.88 bits per heavy atom. The molecule has 0 bridgehead atoms. The molecule has 0 unspecified atom stereocenters. The Balaban J connectivity index is 1.91. The largest absolute Gasteiger partial charge is 0.481 e. The van der Waals surface area contributed by atoms with Crippen molar-refractivity contribution >= 4 is 11.9 Å². The number of nitrogens with one attached hydrogen (secondary N) is 1. The molecule has 7 nitrogen and oxygen atoms in total. The maximum atomic E-state index is 13.8. The SMILES string of the molecule is O=C(O)CCCCCNC(=O)Cn1nc(-c2ccccc2F)ccc1=O. The van der Waals surface area contributed by atoms with Crippen molar-refractivity contribution < 1.29 is 19.1 Å². The molecule has 0 spiro atoms. The van der Waals surface area contributed by atoms with E-state index in [1.54, 1.807) is 18.2 Å². The fourth-order valence-corrected chi connectivity index (χ4v) is 2.37. The lowest BCUT2D eigenvalue weighted by molar-refractivity contribution is -0.137. The number of carboxylic acids is 1. The minimum atomic E-state index is -0.839. The third-order valence-corrected chi connectivity index (χ3v) is 3.70. The average Bonchev–Trinajstić information content (AvgIpc) is 2.60. The molecule has 0 radical (unpaired) electrons. The molecule has 138 valence electrons. The van der Waals surface area contributed by atoms with Crippen LogP contribution in [0.25, 0.3) is 11.3 Å². The summed E-state index contributed by atoms with van der Waals surface area (Å²) < 4.78 is 14.8. The number of carboxylic acid groups (broad SMARTS) is 1. The van der Waals surface area contributed by atoms with E-state index >= 15 is 0 Å². The van der Waals surface area contributed by atoms with Crippen molar-refractivity contribution in [2.45, 2.75) is 32.2 Å². The van der Waals surface area contributed by atoms with Gasteiger partial charge in [0, 0.05) is 24.6 Å². The Morgan fingerprint density at radius 1 is 1.12 bits per heavy atom. The highest BCUT2D eigenvalue weighted by atomic mass is 19.1. The summed E-state index contributed by atoms with van der Waals surface area (Å²) in [6.07, 6.45) is 2.00. The molecule has 8 heteroatoms. The number of amides is 1. The molecule has 26 heavy (non-hydrogen) atoms. The Morgan fingerprint density at radius 3 is 2.62 bits per heavy atom. The van der Waals surface area contributed by atoms with Gasteiger partial charge in [-0.05, 0) is 31.0 Å². The smallest absolute Gasteiger partial charge is 0.303 e. The summed E-state index contributed by atoms with van der Waals surface area (Å²) in [4.78, 5) is 34.2. The summed E-state index contributed by atoms with van der Waals surface area (Å²) >= 11 is 0. The van der Waals surface area contributed by atoms with E-state index in [2.05, 4.69) is 10.4 Å². The van der Waals surface area contributed by atoms with Gasteiger partial charge < -0.3 is 10.4 Å². The van der Waals surface area contributed by atoms with Gasteiger partial charge in [0.2, 0.25) is 5.91 Å². The van der Waals surface area contributed by atoms with Crippen LogP contribution in [0.1, 0.15) is 25.7 Å². The maximum absolute atomic E-state index is 13.8. The quantitative estimate of drug-likeness (QED) is 0.664. The van der Waals surface area contributed by atoms with Gasteiger partial charge >= 0.3 is 5.97 Å². The average molecular weight is 361 g/mol. The summed E-state index contributed by atoms with van der Waals surface area (Å²) in [5, 5.41) is 15.3. The molecule has 1 aromatic carbocycles. The minimum Gasteiger partial charge on any atom is -0.481 e. The molecule has 2 aromatic rings. The molecular weight excluding hydrogens is 341 g/mol. The van der Waals surface area contributed by atoms with Crippen LogP contribution in [-0.4, -0.2) is 33.3 Å². The first kappa shape index (κ1) is 19.3. The van der Waals surface area contributed by atoms with Gasteiger partial charge in [-0.25, -0.2) is 9.07 Å². The van der Waals surface area contributed by atoms with Crippen molar-refractivity contribution in [1.29, 1.82) is 0 Å². The zero-order valence-electron chi connectivity index (χ0n) is 14.2. The van der Waals surface area contributed by atoms with E-state index in [1.807, 2.05) is 0 Å². The van der Waals surface area contributed by atoms with Gasteiger partial charge in [-0.15, -0.1) is 0 Å². The number of carbonyl (C=O) groups excluding carboxylic acids is 1. The molecule has 2 rings (SSSR count). The molecule has 1 heterocycles. The number of carbonyl (C=O) groups is 2. The second-order valence-corrected chi connectivity index (χ2v) is 5.75. The number of aromatic nitrogens is 2. The van der Waals surface area contributed by atoms with E-state index in [0.717, 1.165) is 4.68 Å². The fourth-order valence-electron chi connectivity index (χ4n) is 2.37. The number of hydrogen-bond acceptors (Lipinski definition) is 4. The highest BCUT2D eigenvalue weighted by Crippen LogP contribution is 2.18. The fraction of sp³-hybridized carbons (Fsp3) is 0.333. The van der Waals surface area contributed by atoms with Gasteiger partial charge in [0.05, 0.1) is 5.69 Å². The first-order valence-corrected chi connectivity index (χ1v) is 8.29. The Labute approximate surface area is 149 Å².